The molecule has 2 heterocycles. The molecule has 0 bridgehead atoms. The van der Waals surface area contributed by atoms with Crippen LogP contribution in [-0.4, -0.2) is 32.2 Å². The zero-order valence-electron chi connectivity index (χ0n) is 17.2. The number of carbonyl (C=O) groups excluding carboxylic acids is 2. The Hall–Kier alpha value is -3.72. The Morgan fingerprint density at radius 2 is 1.88 bits per heavy atom. The molecule has 0 saturated carbocycles. The van der Waals surface area contributed by atoms with E-state index in [9.17, 15) is 14.0 Å². The van der Waals surface area contributed by atoms with Gasteiger partial charge in [-0.25, -0.2) is 4.39 Å². The number of halogens is 1. The van der Waals surface area contributed by atoms with Gasteiger partial charge in [0.05, 0.1) is 11.3 Å². The molecule has 0 unspecified atom stereocenters. The second kappa shape index (κ2) is 9.61. The number of para-hydroxylation sites is 1. The molecule has 2 aromatic heterocycles. The number of aromatic nitrogens is 3. The summed E-state index contributed by atoms with van der Waals surface area (Å²) in [6.45, 7) is 2.03. The summed E-state index contributed by atoms with van der Waals surface area (Å²) >= 11 is 1.22. The molecule has 0 radical (unpaired) electrons. The van der Waals surface area contributed by atoms with E-state index >= 15 is 0 Å². The van der Waals surface area contributed by atoms with Gasteiger partial charge in [-0.05, 0) is 48.4 Å². The zero-order valence-corrected chi connectivity index (χ0v) is 18.0. The molecule has 7 nitrogen and oxygen atoms in total. The lowest BCUT2D eigenvalue weighted by atomic mass is 10.1. The van der Waals surface area contributed by atoms with Crippen LogP contribution in [0.25, 0.3) is 5.65 Å². The fourth-order valence-electron chi connectivity index (χ4n) is 3.14. The monoisotopic (exact) mass is 449 g/mol. The fourth-order valence-corrected chi connectivity index (χ4v) is 3.86. The number of pyridine rings is 1. The topological polar surface area (TPSA) is 88.4 Å². The lowest BCUT2D eigenvalue weighted by Crippen LogP contribution is -2.15. The second-order valence-electron chi connectivity index (χ2n) is 6.94. The summed E-state index contributed by atoms with van der Waals surface area (Å²) in [5.41, 5.74) is 3.12. The first-order valence-electron chi connectivity index (χ1n) is 9.95. The van der Waals surface area contributed by atoms with Crippen LogP contribution in [-0.2, 0) is 11.2 Å². The van der Waals surface area contributed by atoms with E-state index in [-0.39, 0.29) is 11.7 Å². The number of aryl methyl sites for hydroxylation is 1. The lowest BCUT2D eigenvalue weighted by Gasteiger charge is -2.09. The Labute approximate surface area is 188 Å². The molecular weight excluding hydrogens is 429 g/mol. The van der Waals surface area contributed by atoms with Crippen LogP contribution < -0.4 is 10.6 Å². The zero-order chi connectivity index (χ0) is 22.5. The van der Waals surface area contributed by atoms with E-state index < -0.39 is 11.7 Å². The lowest BCUT2D eigenvalue weighted by molar-refractivity contribution is -0.113. The number of amides is 2. The summed E-state index contributed by atoms with van der Waals surface area (Å²) in [4.78, 5) is 25.0. The Kier molecular flexibility index (Phi) is 6.46. The predicted molar refractivity (Wildman–Crippen MR) is 123 cm³/mol. The smallest absolute Gasteiger partial charge is 0.257 e. The molecule has 0 aliphatic rings. The average molecular weight is 450 g/mol. The molecule has 0 aliphatic heterocycles. The van der Waals surface area contributed by atoms with Gasteiger partial charge in [0.2, 0.25) is 5.91 Å². The molecule has 9 heteroatoms. The van der Waals surface area contributed by atoms with Crippen molar-refractivity contribution >= 4 is 40.6 Å². The molecule has 0 aliphatic carbocycles. The van der Waals surface area contributed by atoms with E-state index in [0.717, 1.165) is 17.7 Å². The van der Waals surface area contributed by atoms with Crippen molar-refractivity contribution in [3.8, 4) is 0 Å². The number of benzene rings is 2. The summed E-state index contributed by atoms with van der Waals surface area (Å²) in [5.74, 6) is -0.849. The van der Waals surface area contributed by atoms with Gasteiger partial charge < -0.3 is 10.6 Å². The first-order valence-corrected chi connectivity index (χ1v) is 10.9. The third kappa shape index (κ3) is 4.94. The highest BCUT2D eigenvalue weighted by atomic mass is 32.2. The SMILES string of the molecule is CCc1ccccc1NC(=O)CSc1nnc2ccc(C(=O)Nc3cccc(F)c3)cn12. The summed E-state index contributed by atoms with van der Waals surface area (Å²) in [6, 6.07) is 16.6. The van der Waals surface area contributed by atoms with Gasteiger partial charge in [-0.1, -0.05) is 43.0 Å². The highest BCUT2D eigenvalue weighted by molar-refractivity contribution is 7.99. The van der Waals surface area contributed by atoms with Crippen LogP contribution in [0.15, 0.2) is 72.0 Å². The summed E-state index contributed by atoms with van der Waals surface area (Å²) < 4.78 is 15.0. The van der Waals surface area contributed by atoms with Crippen LogP contribution in [0.4, 0.5) is 15.8 Å². The third-order valence-electron chi connectivity index (χ3n) is 4.72. The van der Waals surface area contributed by atoms with Crippen molar-refractivity contribution in [3.63, 3.8) is 0 Å². The quantitative estimate of drug-likeness (QED) is 0.408. The maximum atomic E-state index is 13.4. The van der Waals surface area contributed by atoms with Gasteiger partial charge in [-0.2, -0.15) is 0 Å². The van der Waals surface area contributed by atoms with E-state index in [2.05, 4.69) is 20.8 Å². The minimum Gasteiger partial charge on any atom is -0.325 e. The summed E-state index contributed by atoms with van der Waals surface area (Å²) in [5, 5.41) is 14.3. The van der Waals surface area contributed by atoms with Crippen LogP contribution in [0.5, 0.6) is 0 Å². The number of rotatable bonds is 7. The van der Waals surface area contributed by atoms with E-state index in [0.29, 0.717) is 22.1 Å². The Bertz CT molecular complexity index is 1290. The number of anilines is 2. The number of hydrogen-bond acceptors (Lipinski definition) is 5. The molecule has 32 heavy (non-hydrogen) atoms. The number of hydrogen-bond donors (Lipinski definition) is 2. The fraction of sp³-hybridized carbons (Fsp3) is 0.130. The van der Waals surface area contributed by atoms with Crippen molar-refractivity contribution < 1.29 is 14.0 Å². The van der Waals surface area contributed by atoms with E-state index in [1.165, 1.54) is 30.0 Å². The standard InChI is InChI=1S/C23H20FN5O2S/c1-2-15-6-3-4-9-19(15)26-21(30)14-32-23-28-27-20-11-10-16(13-29(20)23)22(31)25-18-8-5-7-17(24)12-18/h3-13H,2,14H2,1H3,(H,25,31)(H,26,30). The van der Waals surface area contributed by atoms with Crippen LogP contribution in [0.2, 0.25) is 0 Å². The van der Waals surface area contributed by atoms with Crippen LogP contribution >= 0.6 is 11.8 Å². The minimum absolute atomic E-state index is 0.137. The van der Waals surface area contributed by atoms with Crippen molar-refractivity contribution in [1.82, 2.24) is 14.6 Å². The van der Waals surface area contributed by atoms with Crippen LogP contribution in [0.3, 0.4) is 0 Å². The first-order chi connectivity index (χ1) is 15.5. The number of carbonyl (C=O) groups is 2. The van der Waals surface area contributed by atoms with Gasteiger partial charge in [0, 0.05) is 17.6 Å². The van der Waals surface area contributed by atoms with E-state index in [1.807, 2.05) is 31.2 Å². The predicted octanol–water partition coefficient (Wildman–Crippen LogP) is 4.41. The maximum absolute atomic E-state index is 13.4. The van der Waals surface area contributed by atoms with E-state index in [1.54, 1.807) is 28.8 Å². The number of nitrogens with one attached hydrogen (secondary N) is 2. The van der Waals surface area contributed by atoms with Crippen LogP contribution in [0.1, 0.15) is 22.8 Å². The number of nitrogens with zero attached hydrogens (tertiary/aromatic N) is 3. The van der Waals surface area contributed by atoms with Crippen molar-refractivity contribution in [2.45, 2.75) is 18.5 Å². The molecule has 0 fully saturated rings. The molecule has 4 aromatic rings. The van der Waals surface area contributed by atoms with Crippen molar-refractivity contribution in [2.75, 3.05) is 16.4 Å². The van der Waals surface area contributed by atoms with Crippen molar-refractivity contribution in [2.24, 2.45) is 0 Å². The highest BCUT2D eigenvalue weighted by Crippen LogP contribution is 2.20. The van der Waals surface area contributed by atoms with Gasteiger partial charge in [0.15, 0.2) is 10.8 Å². The molecule has 0 saturated heterocycles. The molecule has 2 amide bonds. The molecule has 162 valence electrons. The van der Waals surface area contributed by atoms with Crippen LogP contribution in [0, 0.1) is 5.82 Å². The molecule has 4 rings (SSSR count). The van der Waals surface area contributed by atoms with E-state index in [4.69, 9.17) is 0 Å². The van der Waals surface area contributed by atoms with Gasteiger partial charge >= 0.3 is 0 Å². The highest BCUT2D eigenvalue weighted by Gasteiger charge is 2.13. The minimum atomic E-state index is -0.435. The molecule has 2 N–H and O–H groups in total. The normalized spacial score (nSPS) is 10.8. The maximum Gasteiger partial charge on any atom is 0.257 e. The molecule has 0 spiro atoms. The van der Waals surface area contributed by atoms with Gasteiger partial charge in [0.25, 0.3) is 5.91 Å². The molecule has 2 aromatic carbocycles. The number of fused-ring (bicyclic) bond motifs is 1. The summed E-state index contributed by atoms with van der Waals surface area (Å²) in [7, 11) is 0. The van der Waals surface area contributed by atoms with Gasteiger partial charge in [-0.3, -0.25) is 14.0 Å². The Morgan fingerprint density at radius 3 is 2.69 bits per heavy atom. The Balaban J connectivity index is 1.45. The van der Waals surface area contributed by atoms with Crippen molar-refractivity contribution in [3.05, 3.63) is 83.8 Å². The van der Waals surface area contributed by atoms with Gasteiger partial charge in [-0.15, -0.1) is 10.2 Å². The second-order valence-corrected chi connectivity index (χ2v) is 7.88. The summed E-state index contributed by atoms with van der Waals surface area (Å²) in [6.07, 6.45) is 2.41. The van der Waals surface area contributed by atoms with Gasteiger partial charge in [0.1, 0.15) is 5.82 Å². The van der Waals surface area contributed by atoms with Crippen molar-refractivity contribution in [1.29, 1.82) is 0 Å². The average Bonchev–Trinajstić information content (AvgIpc) is 3.20. The molecule has 0 atom stereocenters. The molecular formula is C23H20FN5O2S. The largest absolute Gasteiger partial charge is 0.325 e. The number of thioether (sulfide) groups is 1. The third-order valence-corrected chi connectivity index (χ3v) is 5.66. The first kappa shape index (κ1) is 21.5. The Morgan fingerprint density at radius 1 is 1.03 bits per heavy atom.